The molecule has 0 saturated heterocycles. The molecule has 0 radical (unpaired) electrons. The van der Waals surface area contributed by atoms with Crippen molar-refractivity contribution in [3.8, 4) is 0 Å². The molecule has 1 aromatic heterocycles. The molecule has 0 spiro atoms. The third kappa shape index (κ3) is 6.22. The molecule has 1 atom stereocenters. The summed E-state index contributed by atoms with van der Waals surface area (Å²) >= 11 is 0. The summed E-state index contributed by atoms with van der Waals surface area (Å²) in [6.45, 7) is 7.86. The van der Waals surface area contributed by atoms with Crippen LogP contribution in [-0.2, 0) is 11.2 Å². The van der Waals surface area contributed by atoms with Crippen molar-refractivity contribution in [2.24, 2.45) is 0 Å². The second-order valence-corrected chi connectivity index (χ2v) is 7.22. The monoisotopic (exact) mass is 385 g/mol. The van der Waals surface area contributed by atoms with E-state index in [1.807, 2.05) is 38.1 Å². The van der Waals surface area contributed by atoms with Crippen molar-refractivity contribution in [2.75, 3.05) is 11.9 Å². The Balaban J connectivity index is 2.04. The first kappa shape index (κ1) is 21.7. The molecule has 0 aliphatic carbocycles. The lowest BCUT2D eigenvalue weighted by Crippen LogP contribution is -2.43. The highest BCUT2D eigenvalue weighted by atomic mass is 16.5. The first-order valence-corrected chi connectivity index (χ1v) is 10.1. The number of benzene rings is 1. The summed E-state index contributed by atoms with van der Waals surface area (Å²) in [6, 6.07) is 9.33. The molecule has 0 saturated carbocycles. The molecule has 28 heavy (non-hydrogen) atoms. The summed E-state index contributed by atoms with van der Waals surface area (Å²) in [7, 11) is 0. The van der Waals surface area contributed by atoms with Crippen LogP contribution in [0.3, 0.4) is 0 Å². The Hall–Kier alpha value is -2.63. The Morgan fingerprint density at radius 3 is 2.46 bits per heavy atom. The molecule has 6 nitrogen and oxygen atoms in total. The first-order chi connectivity index (χ1) is 13.4. The van der Waals surface area contributed by atoms with Crippen LogP contribution in [0, 0.1) is 6.92 Å². The molecule has 2 aromatic rings. The maximum atomic E-state index is 13.0. The van der Waals surface area contributed by atoms with Gasteiger partial charge in [0.25, 0.3) is 5.91 Å². The van der Waals surface area contributed by atoms with Crippen LogP contribution >= 0.6 is 0 Å². The molecule has 1 N–H and O–H groups in total. The number of carbonyl (C=O) groups excluding carboxylic acids is 2. The number of hydrogen-bond acceptors (Lipinski definition) is 4. The van der Waals surface area contributed by atoms with Crippen LogP contribution in [0.15, 0.2) is 34.9 Å². The van der Waals surface area contributed by atoms with E-state index in [1.54, 1.807) is 17.9 Å². The normalized spacial score (nSPS) is 11.9. The van der Waals surface area contributed by atoms with Gasteiger partial charge in [0.1, 0.15) is 12.3 Å². The van der Waals surface area contributed by atoms with Crippen molar-refractivity contribution in [3.63, 3.8) is 0 Å². The average Bonchev–Trinajstić information content (AvgIpc) is 3.10. The van der Waals surface area contributed by atoms with Gasteiger partial charge in [-0.1, -0.05) is 44.0 Å². The van der Waals surface area contributed by atoms with E-state index in [9.17, 15) is 9.59 Å². The maximum absolute atomic E-state index is 13.0. The molecular weight excluding hydrogens is 354 g/mol. The number of amides is 2. The van der Waals surface area contributed by atoms with E-state index < -0.39 is 0 Å². The SMILES string of the molecule is CCCCCc1ccc(C(=O)N(CC(=O)Nc2cc(C)on2)[C@@H](C)CC)cc1. The topological polar surface area (TPSA) is 75.4 Å². The van der Waals surface area contributed by atoms with Gasteiger partial charge in [-0.25, -0.2) is 0 Å². The fourth-order valence-corrected chi connectivity index (χ4v) is 2.97. The Labute approximate surface area is 167 Å². The zero-order valence-corrected chi connectivity index (χ0v) is 17.3. The molecule has 0 unspecified atom stereocenters. The standard InChI is InChI=1S/C22H31N3O3/c1-5-7-8-9-18-10-12-19(13-11-18)22(27)25(16(3)6-2)15-21(26)23-20-14-17(4)28-24-20/h10-14,16H,5-9,15H2,1-4H3,(H,23,24,26)/t16-/m0/s1. The summed E-state index contributed by atoms with van der Waals surface area (Å²) in [6.07, 6.45) is 5.34. The lowest BCUT2D eigenvalue weighted by Gasteiger charge is -2.28. The van der Waals surface area contributed by atoms with Gasteiger partial charge in [0.05, 0.1) is 0 Å². The summed E-state index contributed by atoms with van der Waals surface area (Å²) in [5.74, 6) is 0.541. The molecule has 0 aliphatic rings. The highest BCUT2D eigenvalue weighted by molar-refractivity contribution is 5.99. The van der Waals surface area contributed by atoms with Gasteiger partial charge < -0.3 is 14.7 Å². The quantitative estimate of drug-likeness (QED) is 0.607. The van der Waals surface area contributed by atoms with Crippen LogP contribution in [0.25, 0.3) is 0 Å². The molecule has 0 aliphatic heterocycles. The van der Waals surface area contributed by atoms with Crippen LogP contribution in [0.2, 0.25) is 0 Å². The van der Waals surface area contributed by atoms with Gasteiger partial charge in [-0.15, -0.1) is 0 Å². The van der Waals surface area contributed by atoms with Gasteiger partial charge >= 0.3 is 0 Å². The molecule has 0 fully saturated rings. The van der Waals surface area contributed by atoms with Crippen LogP contribution in [0.5, 0.6) is 0 Å². The second kappa shape index (κ2) is 10.6. The largest absolute Gasteiger partial charge is 0.360 e. The van der Waals surface area contributed by atoms with Crippen molar-refractivity contribution < 1.29 is 14.1 Å². The van der Waals surface area contributed by atoms with E-state index in [1.165, 1.54) is 18.4 Å². The third-order valence-electron chi connectivity index (χ3n) is 4.86. The van der Waals surface area contributed by atoms with Gasteiger partial charge in [0.2, 0.25) is 5.91 Å². The van der Waals surface area contributed by atoms with E-state index in [-0.39, 0.29) is 24.4 Å². The number of hydrogen-bond donors (Lipinski definition) is 1. The summed E-state index contributed by atoms with van der Waals surface area (Å²) in [4.78, 5) is 27.0. The highest BCUT2D eigenvalue weighted by Gasteiger charge is 2.23. The summed E-state index contributed by atoms with van der Waals surface area (Å²) in [5.41, 5.74) is 1.84. The smallest absolute Gasteiger partial charge is 0.254 e. The first-order valence-electron chi connectivity index (χ1n) is 10.1. The number of anilines is 1. The third-order valence-corrected chi connectivity index (χ3v) is 4.86. The van der Waals surface area contributed by atoms with Gasteiger partial charge in [0, 0.05) is 17.7 Å². The Morgan fingerprint density at radius 1 is 1.18 bits per heavy atom. The number of aromatic nitrogens is 1. The lowest BCUT2D eigenvalue weighted by atomic mass is 10.0. The van der Waals surface area contributed by atoms with Gasteiger partial charge in [-0.3, -0.25) is 9.59 Å². The molecular formula is C22H31N3O3. The summed E-state index contributed by atoms with van der Waals surface area (Å²) < 4.78 is 4.96. The number of unbranched alkanes of at least 4 members (excludes halogenated alkanes) is 2. The van der Waals surface area contributed by atoms with Gasteiger partial charge in [-0.2, -0.15) is 0 Å². The zero-order chi connectivity index (χ0) is 20.5. The number of nitrogens with zero attached hydrogens (tertiary/aromatic N) is 2. The molecule has 0 bridgehead atoms. The molecule has 152 valence electrons. The molecule has 6 heteroatoms. The van der Waals surface area contributed by atoms with E-state index in [0.29, 0.717) is 17.1 Å². The highest BCUT2D eigenvalue weighted by Crippen LogP contribution is 2.14. The Morgan fingerprint density at radius 2 is 1.89 bits per heavy atom. The van der Waals surface area contributed by atoms with E-state index in [4.69, 9.17) is 4.52 Å². The molecule has 2 rings (SSSR count). The Kier molecular flexibility index (Phi) is 8.23. The maximum Gasteiger partial charge on any atom is 0.254 e. The average molecular weight is 386 g/mol. The zero-order valence-electron chi connectivity index (χ0n) is 17.3. The predicted molar refractivity (Wildman–Crippen MR) is 110 cm³/mol. The predicted octanol–water partition coefficient (Wildman–Crippen LogP) is 4.60. The van der Waals surface area contributed by atoms with Crippen LogP contribution in [-0.4, -0.2) is 34.5 Å². The number of aryl methyl sites for hydroxylation is 2. The molecule has 1 heterocycles. The fourth-order valence-electron chi connectivity index (χ4n) is 2.97. The summed E-state index contributed by atoms with van der Waals surface area (Å²) in [5, 5.41) is 6.44. The van der Waals surface area contributed by atoms with E-state index in [2.05, 4.69) is 17.4 Å². The fraction of sp³-hybridized carbons (Fsp3) is 0.500. The lowest BCUT2D eigenvalue weighted by molar-refractivity contribution is -0.117. The number of rotatable bonds is 10. The van der Waals surface area contributed by atoms with Crippen LogP contribution in [0.4, 0.5) is 5.82 Å². The van der Waals surface area contributed by atoms with Crippen LogP contribution in [0.1, 0.15) is 68.1 Å². The van der Waals surface area contributed by atoms with Gasteiger partial charge in [0.15, 0.2) is 5.82 Å². The van der Waals surface area contributed by atoms with Crippen molar-refractivity contribution in [1.29, 1.82) is 0 Å². The van der Waals surface area contributed by atoms with E-state index >= 15 is 0 Å². The van der Waals surface area contributed by atoms with Gasteiger partial charge in [-0.05, 0) is 50.8 Å². The minimum Gasteiger partial charge on any atom is -0.360 e. The number of carbonyl (C=O) groups is 2. The Bertz CT molecular complexity index is 768. The van der Waals surface area contributed by atoms with Crippen molar-refractivity contribution >= 4 is 17.6 Å². The second-order valence-electron chi connectivity index (χ2n) is 7.22. The van der Waals surface area contributed by atoms with Crippen LogP contribution < -0.4 is 5.32 Å². The number of nitrogens with one attached hydrogen (secondary N) is 1. The minimum absolute atomic E-state index is 0.0298. The van der Waals surface area contributed by atoms with Crippen molar-refractivity contribution in [1.82, 2.24) is 10.1 Å². The molecule has 2 amide bonds. The van der Waals surface area contributed by atoms with Crippen molar-refractivity contribution in [2.45, 2.75) is 65.8 Å². The molecule has 1 aromatic carbocycles. The van der Waals surface area contributed by atoms with Crippen molar-refractivity contribution in [3.05, 3.63) is 47.2 Å². The van der Waals surface area contributed by atoms with E-state index in [0.717, 1.165) is 19.3 Å². The minimum atomic E-state index is -0.293.